The molecule has 3 aromatic rings. The predicted octanol–water partition coefficient (Wildman–Crippen LogP) is 6.61. The zero-order valence-corrected chi connectivity index (χ0v) is 25.1. The minimum Gasteiger partial charge on any atom is -0.454 e. The quantitative estimate of drug-likeness (QED) is 0.0880. The fourth-order valence-electron chi connectivity index (χ4n) is 6.82. The van der Waals surface area contributed by atoms with Crippen LogP contribution in [0.1, 0.15) is 65.2 Å². The highest BCUT2D eigenvalue weighted by molar-refractivity contribution is 6.36. The average molecular weight is 625 g/mol. The van der Waals surface area contributed by atoms with Gasteiger partial charge in [-0.25, -0.2) is 0 Å². The summed E-state index contributed by atoms with van der Waals surface area (Å²) in [5, 5.41) is 0.513. The number of carbonyl (C=O) groups excluding carboxylic acids is 4. The first-order valence-corrected chi connectivity index (χ1v) is 15.2. The van der Waals surface area contributed by atoms with Gasteiger partial charge in [-0.1, -0.05) is 66.6 Å². The number of benzene rings is 3. The van der Waals surface area contributed by atoms with E-state index in [0.29, 0.717) is 29.8 Å². The highest BCUT2D eigenvalue weighted by atomic mass is 35.5. The van der Waals surface area contributed by atoms with Crippen LogP contribution in [0.4, 0.5) is 0 Å². The van der Waals surface area contributed by atoms with Crippen LogP contribution in [0.3, 0.4) is 0 Å². The van der Waals surface area contributed by atoms with Crippen LogP contribution in [0.25, 0.3) is 0 Å². The Labute approximate surface area is 258 Å². The van der Waals surface area contributed by atoms with Crippen LogP contribution in [-0.2, 0) is 28.9 Å². The first-order valence-electron chi connectivity index (χ1n) is 14.0. The molecule has 0 spiro atoms. The van der Waals surface area contributed by atoms with Crippen molar-refractivity contribution >= 4 is 58.4 Å². The summed E-state index contributed by atoms with van der Waals surface area (Å²) in [7, 11) is 0. The topological polar surface area (TPSA) is 80.8 Å². The molecule has 2 amide bonds. The highest BCUT2D eigenvalue weighted by Crippen LogP contribution is 2.69. The van der Waals surface area contributed by atoms with E-state index in [1.54, 1.807) is 24.3 Å². The number of ketones is 1. The fraction of sp³-hybridized carbons (Fsp3) is 0.333. The molecular formula is C33H28Cl3NO5. The number of carbonyl (C=O) groups is 4. The summed E-state index contributed by atoms with van der Waals surface area (Å²) in [6.45, 7) is 1.74. The minimum atomic E-state index is -1.19. The van der Waals surface area contributed by atoms with E-state index >= 15 is 0 Å². The van der Waals surface area contributed by atoms with Crippen molar-refractivity contribution < 1.29 is 23.9 Å². The molecule has 9 heteroatoms. The highest BCUT2D eigenvalue weighted by Gasteiger charge is 2.72. The Morgan fingerprint density at radius 1 is 0.786 bits per heavy atom. The summed E-state index contributed by atoms with van der Waals surface area (Å²) in [6, 6.07) is 21.5. The Hall–Kier alpha value is -3.19. The van der Waals surface area contributed by atoms with Crippen molar-refractivity contribution in [2.75, 3.05) is 6.54 Å². The van der Waals surface area contributed by atoms with Gasteiger partial charge in [-0.3, -0.25) is 24.1 Å². The predicted molar refractivity (Wildman–Crippen MR) is 160 cm³/mol. The molecule has 3 atom stereocenters. The number of imide groups is 1. The molecule has 0 aromatic heterocycles. The molecule has 3 aliphatic carbocycles. The second-order valence-electron chi connectivity index (χ2n) is 11.1. The van der Waals surface area contributed by atoms with Gasteiger partial charge in [0.15, 0.2) is 6.10 Å². The van der Waals surface area contributed by atoms with E-state index < -0.39 is 33.7 Å². The number of nitrogens with zero attached hydrogens (tertiary/aromatic N) is 1. The molecule has 7 rings (SSSR count). The molecule has 1 heterocycles. The third kappa shape index (κ3) is 4.30. The smallest absolute Gasteiger partial charge is 0.306 e. The maximum absolute atomic E-state index is 13.8. The van der Waals surface area contributed by atoms with Crippen LogP contribution < -0.4 is 0 Å². The lowest BCUT2D eigenvalue weighted by Gasteiger charge is -2.54. The number of unbranched alkanes of at least 4 members (excludes halogenated alkanes) is 2. The van der Waals surface area contributed by atoms with E-state index in [1.165, 1.54) is 11.8 Å². The zero-order valence-electron chi connectivity index (χ0n) is 22.8. The molecule has 1 saturated heterocycles. The molecule has 42 heavy (non-hydrogen) atoms. The maximum atomic E-state index is 13.8. The molecule has 2 bridgehead atoms. The Bertz CT molecular complexity index is 1480. The van der Waals surface area contributed by atoms with Crippen LogP contribution in [0.5, 0.6) is 0 Å². The van der Waals surface area contributed by atoms with Crippen molar-refractivity contribution in [3.63, 3.8) is 0 Å². The lowest BCUT2D eigenvalue weighted by atomic mass is 9.54. The van der Waals surface area contributed by atoms with Gasteiger partial charge in [-0.05, 0) is 66.3 Å². The van der Waals surface area contributed by atoms with Crippen molar-refractivity contribution in [2.45, 2.75) is 48.5 Å². The third-order valence-electron chi connectivity index (χ3n) is 8.75. The van der Waals surface area contributed by atoms with E-state index in [2.05, 4.69) is 0 Å². The number of hydrogen-bond acceptors (Lipinski definition) is 5. The van der Waals surface area contributed by atoms with Crippen LogP contribution in [0.15, 0.2) is 72.8 Å². The van der Waals surface area contributed by atoms with Crippen LogP contribution in [0, 0.1) is 11.8 Å². The van der Waals surface area contributed by atoms with E-state index in [-0.39, 0.29) is 30.6 Å². The van der Waals surface area contributed by atoms with Crippen molar-refractivity contribution in [3.05, 3.63) is 106 Å². The maximum Gasteiger partial charge on any atom is 0.306 e. The first-order chi connectivity index (χ1) is 20.1. The Balaban J connectivity index is 1.09. The lowest BCUT2D eigenvalue weighted by molar-refractivity contribution is -0.146. The number of ether oxygens (including phenoxy) is 1. The van der Waals surface area contributed by atoms with E-state index in [1.807, 2.05) is 48.5 Å². The van der Waals surface area contributed by atoms with Gasteiger partial charge >= 0.3 is 5.97 Å². The number of amides is 2. The Morgan fingerprint density at radius 3 is 1.74 bits per heavy atom. The Kier molecular flexibility index (Phi) is 7.45. The number of esters is 1. The van der Waals surface area contributed by atoms with Crippen molar-refractivity contribution in [2.24, 2.45) is 11.8 Å². The summed E-state index contributed by atoms with van der Waals surface area (Å²) in [5.41, 5.74) is 3.50. The van der Waals surface area contributed by atoms with Gasteiger partial charge in [-0.2, -0.15) is 0 Å². The molecule has 3 aromatic carbocycles. The van der Waals surface area contributed by atoms with Crippen molar-refractivity contribution in [1.29, 1.82) is 0 Å². The van der Waals surface area contributed by atoms with Crippen molar-refractivity contribution in [3.8, 4) is 0 Å². The van der Waals surface area contributed by atoms with Gasteiger partial charge in [0.1, 0.15) is 9.75 Å². The number of alkyl halides is 2. The normalized spacial score (nSPS) is 26.0. The number of halogens is 3. The van der Waals surface area contributed by atoms with Crippen LogP contribution in [-0.4, -0.2) is 41.1 Å². The van der Waals surface area contributed by atoms with Crippen molar-refractivity contribution in [1.82, 2.24) is 4.90 Å². The molecule has 6 nitrogen and oxygen atoms in total. The monoisotopic (exact) mass is 623 g/mol. The summed E-state index contributed by atoms with van der Waals surface area (Å²) < 4.78 is 5.32. The van der Waals surface area contributed by atoms with Gasteiger partial charge in [0.05, 0.1) is 11.8 Å². The summed E-state index contributed by atoms with van der Waals surface area (Å²) in [6.07, 6.45) is 0.773. The SMILES string of the molecule is C[C@@H](OC(=O)CCCCCN1C(=O)[C@@H]2[C@H](C1=O)C1(Cl)c3ccccc3C2(Cl)c2ccccc21)C(=O)c1ccc(Cl)cc1. The summed E-state index contributed by atoms with van der Waals surface area (Å²) in [5.74, 6) is -3.05. The van der Waals surface area contributed by atoms with Gasteiger partial charge in [0.2, 0.25) is 17.6 Å². The largest absolute Gasteiger partial charge is 0.454 e. The molecule has 0 saturated carbocycles. The molecule has 0 radical (unpaired) electrons. The van der Waals surface area contributed by atoms with E-state index in [4.69, 9.17) is 39.5 Å². The third-order valence-corrected chi connectivity index (χ3v) is 10.3. The second kappa shape index (κ2) is 10.8. The van der Waals surface area contributed by atoms with Gasteiger partial charge < -0.3 is 4.74 Å². The lowest BCUT2D eigenvalue weighted by Crippen LogP contribution is -2.57. The molecule has 0 N–H and O–H groups in total. The average Bonchev–Trinajstić information content (AvgIpc) is 3.25. The molecule has 4 aliphatic rings. The van der Waals surface area contributed by atoms with Crippen LogP contribution >= 0.6 is 34.8 Å². The van der Waals surface area contributed by atoms with Crippen LogP contribution in [0.2, 0.25) is 5.02 Å². The molecule has 0 unspecified atom stereocenters. The van der Waals surface area contributed by atoms with Gasteiger partial charge in [0.25, 0.3) is 0 Å². The van der Waals surface area contributed by atoms with Gasteiger partial charge in [-0.15, -0.1) is 23.2 Å². The summed E-state index contributed by atoms with van der Waals surface area (Å²) in [4.78, 5) is 51.5. The molecular weight excluding hydrogens is 597 g/mol. The summed E-state index contributed by atoms with van der Waals surface area (Å²) >= 11 is 20.7. The first kappa shape index (κ1) is 28.9. The molecule has 1 fully saturated rings. The van der Waals surface area contributed by atoms with Gasteiger partial charge in [0, 0.05) is 23.6 Å². The number of Topliss-reactive ketones (excluding diaryl/α,β-unsaturated/α-hetero) is 1. The zero-order chi connectivity index (χ0) is 29.8. The number of rotatable bonds is 9. The fourth-order valence-corrected chi connectivity index (χ4v) is 8.04. The number of likely N-dealkylation sites (tertiary alicyclic amines) is 1. The molecule has 1 aliphatic heterocycles. The minimum absolute atomic E-state index is 0.117. The molecule has 216 valence electrons. The Morgan fingerprint density at radius 2 is 1.26 bits per heavy atom. The second-order valence-corrected chi connectivity index (χ2v) is 12.7. The van der Waals surface area contributed by atoms with E-state index in [9.17, 15) is 19.2 Å². The van der Waals surface area contributed by atoms with E-state index in [0.717, 1.165) is 22.3 Å². The standard InChI is InChI=1S/C33H28Cl3NO5/c1-19(29(39)20-14-16-21(34)17-15-20)42-26(38)13-3-2-8-18-37-30(40)27-28(31(37)41)33(36)23-10-5-4-9-22(23)32(27,35)24-11-6-7-12-25(24)33/h4-7,9-12,14-17,19,27-28H,2-3,8,13,18H2,1H3/t19-,27-,28+,32?,33?/m1/s1. The number of hydrogen-bond donors (Lipinski definition) is 0.